The lowest BCUT2D eigenvalue weighted by atomic mass is 10.0. The van der Waals surface area contributed by atoms with Crippen molar-refractivity contribution in [1.29, 1.82) is 10.5 Å². The summed E-state index contributed by atoms with van der Waals surface area (Å²) in [6.45, 7) is 8.19. The number of ether oxygens (including phenoxy) is 1. The lowest BCUT2D eigenvalue weighted by Gasteiger charge is -2.15. The van der Waals surface area contributed by atoms with Gasteiger partial charge in [0.25, 0.3) is 6.26 Å². The molecule has 4 N–H and O–H groups in total. The topological polar surface area (TPSA) is 164 Å². The molecule has 2 aromatic heterocycles. The number of hydrogen-bond acceptors (Lipinski definition) is 7. The van der Waals surface area contributed by atoms with E-state index in [9.17, 15) is 4.79 Å². The third-order valence-electron chi connectivity index (χ3n) is 8.74. The third-order valence-corrected chi connectivity index (χ3v) is 8.74. The van der Waals surface area contributed by atoms with E-state index in [0.29, 0.717) is 41.8 Å². The zero-order valence-electron chi connectivity index (χ0n) is 28.5. The van der Waals surface area contributed by atoms with Crippen LogP contribution in [0.15, 0.2) is 122 Å². The Balaban J connectivity index is 0.000000169. The number of urea groups is 1. The number of hydrogen-bond donors (Lipinski definition) is 3. The molecule has 2 amide bonds. The summed E-state index contributed by atoms with van der Waals surface area (Å²) in [4.78, 5) is 23.9. The van der Waals surface area contributed by atoms with Gasteiger partial charge in [-0.25, -0.2) is 19.6 Å². The van der Waals surface area contributed by atoms with Gasteiger partial charge in [0.05, 0.1) is 66.7 Å². The summed E-state index contributed by atoms with van der Waals surface area (Å²) in [7, 11) is 0. The van der Waals surface area contributed by atoms with Crippen molar-refractivity contribution in [3.63, 3.8) is 0 Å². The molecule has 12 nitrogen and oxygen atoms in total. The number of nitrogens with one attached hydrogen (secondary N) is 2. The number of carbonyl (C=O) groups excluding carboxylic acids is 1. The molecule has 2 aliphatic rings. The lowest BCUT2D eigenvalue weighted by Crippen LogP contribution is -2.30. The van der Waals surface area contributed by atoms with E-state index < -0.39 is 0 Å². The normalized spacial score (nSPS) is 13.5. The first-order chi connectivity index (χ1) is 25.5. The smallest absolute Gasteiger partial charge is 0.319 e. The van der Waals surface area contributed by atoms with E-state index in [1.807, 2.05) is 43.3 Å². The second-order valence-electron chi connectivity index (χ2n) is 11.8. The number of aromatic nitrogens is 4. The Kier molecular flexibility index (Phi) is 12.6. The summed E-state index contributed by atoms with van der Waals surface area (Å²) in [6, 6.07) is 32.2. The highest BCUT2D eigenvalue weighted by molar-refractivity contribution is 5.89. The number of nitrogens with two attached hydrogens (primary N) is 1. The number of anilines is 1. The van der Waals surface area contributed by atoms with E-state index in [-0.39, 0.29) is 24.5 Å². The Morgan fingerprint density at radius 3 is 1.92 bits per heavy atom. The van der Waals surface area contributed by atoms with Crippen LogP contribution < -0.4 is 21.1 Å². The van der Waals surface area contributed by atoms with Crippen LogP contribution >= 0.6 is 12.4 Å². The Morgan fingerprint density at radius 1 is 0.830 bits per heavy atom. The van der Waals surface area contributed by atoms with Crippen molar-refractivity contribution >= 4 is 29.8 Å². The van der Waals surface area contributed by atoms with Gasteiger partial charge in [0.15, 0.2) is 5.69 Å². The maximum Gasteiger partial charge on any atom is 0.319 e. The molecular formula is C40H35ClN10O2. The molecule has 0 saturated carbocycles. The summed E-state index contributed by atoms with van der Waals surface area (Å²) in [5.41, 5.74) is 14.9. The molecule has 0 fully saturated rings. The molecule has 264 valence electrons. The van der Waals surface area contributed by atoms with Crippen molar-refractivity contribution in [1.82, 2.24) is 24.4 Å². The lowest BCUT2D eigenvalue weighted by molar-refractivity contribution is 0.251. The number of carbonyl (C=O) groups is 1. The first kappa shape index (κ1) is 37.3. The Hall–Kier alpha value is -6.91. The third kappa shape index (κ3) is 8.53. The predicted octanol–water partition coefficient (Wildman–Crippen LogP) is 7.86. The summed E-state index contributed by atoms with van der Waals surface area (Å²) >= 11 is 0. The van der Waals surface area contributed by atoms with Crippen LogP contribution in [0.2, 0.25) is 0 Å². The molecular weight excluding hydrogens is 688 g/mol. The number of amides is 2. The van der Waals surface area contributed by atoms with E-state index >= 15 is 0 Å². The standard InChI is InChI=1S/C20H17N5O.C12H13N3.C8H4N2O.ClH/c1-21-14-6-8-15(9-7-14)24-20(26)23-11-10-18-16-4-2-3-5-17(16)19-12-22-13-25(18)19;13-6-5-11-9-3-1-2-4-10(9)12-7-14-8-15(11)12;9-5-7-1-3-8(4-2-7)11-6-10;/h2-9,12-13,18H,10-11H2,(H2,23,24,26);1-4,7-8,11H,5-6,13H2;1-4H;1H. The fraction of sp³-hybridized carbons (Fsp3) is 0.150. The molecule has 0 saturated heterocycles. The van der Waals surface area contributed by atoms with Crippen LogP contribution in [-0.2, 0) is 0 Å². The molecule has 2 aliphatic heterocycles. The van der Waals surface area contributed by atoms with E-state index in [0.717, 1.165) is 18.5 Å². The van der Waals surface area contributed by atoms with Crippen molar-refractivity contribution in [3.8, 4) is 40.6 Å². The van der Waals surface area contributed by atoms with Gasteiger partial charge in [-0.1, -0.05) is 60.7 Å². The van der Waals surface area contributed by atoms with E-state index in [1.165, 1.54) is 34.2 Å². The van der Waals surface area contributed by atoms with E-state index in [4.69, 9.17) is 22.8 Å². The first-order valence-corrected chi connectivity index (χ1v) is 16.6. The van der Waals surface area contributed by atoms with Gasteiger partial charge in [-0.05, 0) is 66.9 Å². The van der Waals surface area contributed by atoms with Gasteiger partial charge in [-0.2, -0.15) is 5.26 Å². The highest BCUT2D eigenvalue weighted by atomic mass is 35.5. The van der Waals surface area contributed by atoms with Crippen LogP contribution in [0, 0.1) is 29.4 Å². The van der Waals surface area contributed by atoms with Crippen molar-refractivity contribution in [2.75, 3.05) is 18.4 Å². The van der Waals surface area contributed by atoms with Crippen molar-refractivity contribution in [3.05, 3.63) is 150 Å². The SMILES string of the molecule is Cl.N#COc1ccc(C#N)cc1.NCCC1c2ccccc2-c2cncn21.[C-]#[N+]c1ccc(NC(=O)NCCC2c3ccccc3-c3cncn32)cc1. The van der Waals surface area contributed by atoms with Crippen LogP contribution in [-0.4, -0.2) is 38.2 Å². The van der Waals surface area contributed by atoms with Gasteiger partial charge in [-0.3, -0.25) is 0 Å². The second kappa shape index (κ2) is 17.8. The van der Waals surface area contributed by atoms with Crippen LogP contribution in [0.25, 0.3) is 27.4 Å². The molecule has 53 heavy (non-hydrogen) atoms. The number of imidazole rings is 2. The number of nitriles is 2. The maximum absolute atomic E-state index is 12.1. The fourth-order valence-electron chi connectivity index (χ4n) is 6.38. The second-order valence-corrected chi connectivity index (χ2v) is 11.8. The zero-order valence-corrected chi connectivity index (χ0v) is 29.3. The molecule has 0 radical (unpaired) electrons. The Labute approximate surface area is 313 Å². The number of rotatable bonds is 7. The van der Waals surface area contributed by atoms with Gasteiger partial charge in [0.2, 0.25) is 0 Å². The number of halogens is 1. The highest BCUT2D eigenvalue weighted by Crippen LogP contribution is 2.41. The van der Waals surface area contributed by atoms with E-state index in [1.54, 1.807) is 48.5 Å². The minimum atomic E-state index is -0.252. The quantitative estimate of drug-likeness (QED) is 0.112. The fourth-order valence-corrected chi connectivity index (χ4v) is 6.38. The van der Waals surface area contributed by atoms with Gasteiger partial charge < -0.3 is 30.2 Å². The molecule has 2 unspecified atom stereocenters. The first-order valence-electron chi connectivity index (χ1n) is 16.6. The van der Waals surface area contributed by atoms with Crippen LogP contribution in [0.4, 0.5) is 16.2 Å². The minimum Gasteiger partial charge on any atom is -0.388 e. The largest absolute Gasteiger partial charge is 0.388 e. The molecule has 4 aromatic carbocycles. The van der Waals surface area contributed by atoms with Crippen molar-refractivity contribution in [2.24, 2.45) is 5.73 Å². The zero-order chi connectivity index (χ0) is 36.3. The van der Waals surface area contributed by atoms with Gasteiger partial charge >= 0.3 is 6.03 Å². The van der Waals surface area contributed by atoms with Gasteiger partial charge in [0.1, 0.15) is 5.75 Å². The van der Waals surface area contributed by atoms with Crippen LogP contribution in [0.3, 0.4) is 0 Å². The number of nitrogens with zero attached hydrogens (tertiary/aromatic N) is 7. The molecule has 6 aromatic rings. The minimum absolute atomic E-state index is 0. The van der Waals surface area contributed by atoms with Gasteiger partial charge in [0, 0.05) is 23.4 Å². The maximum atomic E-state index is 12.1. The molecule has 2 atom stereocenters. The highest BCUT2D eigenvalue weighted by Gasteiger charge is 2.28. The predicted molar refractivity (Wildman–Crippen MR) is 204 cm³/mol. The summed E-state index contributed by atoms with van der Waals surface area (Å²) < 4.78 is 8.88. The Bertz CT molecular complexity index is 2280. The average molecular weight is 723 g/mol. The number of benzene rings is 4. The molecule has 0 bridgehead atoms. The van der Waals surface area contributed by atoms with Crippen molar-refractivity contribution in [2.45, 2.75) is 24.9 Å². The van der Waals surface area contributed by atoms with E-state index in [2.05, 4.69) is 75.7 Å². The van der Waals surface area contributed by atoms with Gasteiger partial charge in [-0.15, -0.1) is 17.7 Å². The van der Waals surface area contributed by atoms with Crippen molar-refractivity contribution < 1.29 is 9.53 Å². The average Bonchev–Trinajstić information content (AvgIpc) is 3.97. The molecule has 0 spiro atoms. The molecule has 0 aliphatic carbocycles. The summed E-state index contributed by atoms with van der Waals surface area (Å²) in [5, 5.41) is 22.2. The summed E-state index contributed by atoms with van der Waals surface area (Å²) in [5.74, 6) is 0.450. The monoisotopic (exact) mass is 722 g/mol. The van der Waals surface area contributed by atoms with Crippen LogP contribution in [0.1, 0.15) is 41.6 Å². The molecule has 4 heterocycles. The summed E-state index contributed by atoms with van der Waals surface area (Å²) in [6.07, 6.45) is 10.8. The molecule has 13 heteroatoms. The molecule has 8 rings (SSSR count). The van der Waals surface area contributed by atoms with Crippen LogP contribution in [0.5, 0.6) is 5.75 Å². The Morgan fingerprint density at radius 2 is 1.40 bits per heavy atom. The number of fused-ring (bicyclic) bond motifs is 6.